The van der Waals surface area contributed by atoms with E-state index in [2.05, 4.69) is 5.32 Å². The predicted octanol–water partition coefficient (Wildman–Crippen LogP) is 3.98. The Morgan fingerprint density at radius 2 is 1.70 bits per heavy atom. The van der Waals surface area contributed by atoms with E-state index in [4.69, 9.17) is 4.74 Å². The van der Waals surface area contributed by atoms with Crippen molar-refractivity contribution in [2.45, 2.75) is 11.8 Å². The zero-order valence-electron chi connectivity index (χ0n) is 16.5. The number of benzene rings is 3. The number of carbonyl (C=O) groups is 1. The number of anilines is 2. The summed E-state index contributed by atoms with van der Waals surface area (Å²) in [6, 6.07) is 18.6. The fourth-order valence-electron chi connectivity index (χ4n) is 2.71. The molecule has 156 valence electrons. The maximum atomic E-state index is 13.3. The molecule has 1 amide bonds. The summed E-state index contributed by atoms with van der Waals surface area (Å²) in [5.41, 5.74) is 1.56. The predicted molar refractivity (Wildman–Crippen MR) is 114 cm³/mol. The molecule has 0 bridgehead atoms. The van der Waals surface area contributed by atoms with Crippen LogP contribution in [0.4, 0.5) is 15.8 Å². The van der Waals surface area contributed by atoms with Gasteiger partial charge in [-0.25, -0.2) is 12.8 Å². The first kappa shape index (κ1) is 21.3. The molecule has 1 N–H and O–H groups in total. The normalized spacial score (nSPS) is 11.0. The Morgan fingerprint density at radius 3 is 2.37 bits per heavy atom. The van der Waals surface area contributed by atoms with Gasteiger partial charge in [0.15, 0.2) is 6.61 Å². The largest absolute Gasteiger partial charge is 0.484 e. The van der Waals surface area contributed by atoms with Gasteiger partial charge in [0, 0.05) is 12.7 Å². The van der Waals surface area contributed by atoms with Crippen molar-refractivity contribution < 1.29 is 22.3 Å². The number of hydrogen-bond donors (Lipinski definition) is 1. The number of nitrogens with zero attached hydrogens (tertiary/aromatic N) is 1. The number of nitrogens with one attached hydrogen (secondary N) is 1. The molecule has 0 aliphatic rings. The molecule has 0 aromatic heterocycles. The molecule has 6 nitrogen and oxygen atoms in total. The van der Waals surface area contributed by atoms with E-state index in [-0.39, 0.29) is 11.5 Å². The third kappa shape index (κ3) is 4.96. The van der Waals surface area contributed by atoms with E-state index < -0.39 is 21.7 Å². The highest BCUT2D eigenvalue weighted by Crippen LogP contribution is 2.24. The zero-order valence-corrected chi connectivity index (χ0v) is 17.3. The molecule has 0 radical (unpaired) electrons. The third-order valence-corrected chi connectivity index (χ3v) is 6.25. The second-order valence-electron chi connectivity index (χ2n) is 6.58. The Balaban J connectivity index is 1.62. The minimum atomic E-state index is -3.68. The van der Waals surface area contributed by atoms with Crippen molar-refractivity contribution in [3.63, 3.8) is 0 Å². The van der Waals surface area contributed by atoms with Crippen LogP contribution in [-0.2, 0) is 14.8 Å². The van der Waals surface area contributed by atoms with Gasteiger partial charge in [-0.2, -0.15) is 0 Å². The number of hydrogen-bond acceptors (Lipinski definition) is 4. The number of halogens is 1. The van der Waals surface area contributed by atoms with Crippen LogP contribution < -0.4 is 14.4 Å². The van der Waals surface area contributed by atoms with Crippen LogP contribution in [0.1, 0.15) is 5.56 Å². The first-order chi connectivity index (χ1) is 14.3. The summed E-state index contributed by atoms with van der Waals surface area (Å²) in [5, 5.41) is 2.60. The lowest BCUT2D eigenvalue weighted by molar-refractivity contribution is -0.118. The number of carbonyl (C=O) groups excluding carboxylic acids is 1. The van der Waals surface area contributed by atoms with Crippen molar-refractivity contribution in [2.24, 2.45) is 0 Å². The Morgan fingerprint density at radius 1 is 1.03 bits per heavy atom. The van der Waals surface area contributed by atoms with E-state index in [0.29, 0.717) is 17.1 Å². The van der Waals surface area contributed by atoms with Crippen LogP contribution >= 0.6 is 0 Å². The molecule has 0 fully saturated rings. The Labute approximate surface area is 175 Å². The zero-order chi connectivity index (χ0) is 21.7. The molecule has 0 spiro atoms. The molecule has 0 atom stereocenters. The van der Waals surface area contributed by atoms with Gasteiger partial charge in [0.05, 0.1) is 10.6 Å². The second kappa shape index (κ2) is 8.96. The van der Waals surface area contributed by atoms with Crippen molar-refractivity contribution in [2.75, 3.05) is 23.3 Å². The maximum Gasteiger partial charge on any atom is 0.264 e. The molecule has 0 saturated heterocycles. The molecule has 8 heteroatoms. The highest BCUT2D eigenvalue weighted by Gasteiger charge is 2.20. The molecule has 0 unspecified atom stereocenters. The molecule has 3 rings (SSSR count). The molecule has 30 heavy (non-hydrogen) atoms. The lowest BCUT2D eigenvalue weighted by Gasteiger charge is -2.19. The molecule has 0 saturated carbocycles. The molecule has 0 aliphatic heterocycles. The van der Waals surface area contributed by atoms with Crippen molar-refractivity contribution in [3.05, 3.63) is 84.2 Å². The van der Waals surface area contributed by atoms with Gasteiger partial charge in [0.1, 0.15) is 11.6 Å². The fraction of sp³-hybridized carbons (Fsp3) is 0.136. The maximum absolute atomic E-state index is 13.3. The van der Waals surface area contributed by atoms with Crippen LogP contribution in [0, 0.1) is 12.7 Å². The molecule has 0 aliphatic carbocycles. The summed E-state index contributed by atoms with van der Waals surface area (Å²) < 4.78 is 45.3. The van der Waals surface area contributed by atoms with Gasteiger partial charge in [-0.05, 0) is 61.0 Å². The highest BCUT2D eigenvalue weighted by molar-refractivity contribution is 7.92. The van der Waals surface area contributed by atoms with Gasteiger partial charge in [-0.3, -0.25) is 9.10 Å². The number of amides is 1. The summed E-state index contributed by atoms with van der Waals surface area (Å²) in [6.07, 6.45) is 0. The average molecular weight is 428 g/mol. The van der Waals surface area contributed by atoms with Crippen molar-refractivity contribution >= 4 is 27.3 Å². The summed E-state index contributed by atoms with van der Waals surface area (Å²) >= 11 is 0. The Kier molecular flexibility index (Phi) is 6.37. The molecule has 3 aromatic carbocycles. The van der Waals surface area contributed by atoms with Gasteiger partial charge in [0.25, 0.3) is 15.9 Å². The van der Waals surface area contributed by atoms with E-state index in [1.54, 1.807) is 55.5 Å². The van der Waals surface area contributed by atoms with Crippen LogP contribution in [0.5, 0.6) is 5.75 Å². The fourth-order valence-corrected chi connectivity index (χ4v) is 3.92. The lowest BCUT2D eigenvalue weighted by atomic mass is 10.2. The smallest absolute Gasteiger partial charge is 0.264 e. The van der Waals surface area contributed by atoms with E-state index >= 15 is 0 Å². The van der Waals surface area contributed by atoms with Crippen molar-refractivity contribution in [3.8, 4) is 5.75 Å². The van der Waals surface area contributed by atoms with Gasteiger partial charge in [0.2, 0.25) is 0 Å². The Bertz CT molecular complexity index is 1130. The van der Waals surface area contributed by atoms with E-state index in [9.17, 15) is 17.6 Å². The van der Waals surface area contributed by atoms with Crippen LogP contribution in [-0.4, -0.2) is 28.0 Å². The summed E-state index contributed by atoms with van der Waals surface area (Å²) in [4.78, 5) is 12.3. The highest BCUT2D eigenvalue weighted by atomic mass is 32.2. The van der Waals surface area contributed by atoms with Gasteiger partial charge in [-0.1, -0.05) is 24.3 Å². The first-order valence-corrected chi connectivity index (χ1v) is 10.5. The van der Waals surface area contributed by atoms with Crippen LogP contribution in [0.3, 0.4) is 0 Å². The molecular weight excluding hydrogens is 407 g/mol. The van der Waals surface area contributed by atoms with Gasteiger partial charge < -0.3 is 10.1 Å². The van der Waals surface area contributed by atoms with Crippen LogP contribution in [0.15, 0.2) is 77.7 Å². The summed E-state index contributed by atoms with van der Waals surface area (Å²) in [6.45, 7) is 1.49. The summed E-state index contributed by atoms with van der Waals surface area (Å²) in [5.74, 6) is -0.478. The Hall–Kier alpha value is -3.39. The standard InChI is InChI=1S/C22H21FN2O4S/c1-16-8-9-17(23)14-21(16)24-22(26)15-29-19-12-10-18(11-13-19)25(2)30(27,28)20-6-4-3-5-7-20/h3-14H,15H2,1-2H3,(H,24,26). The minimum Gasteiger partial charge on any atom is -0.484 e. The third-order valence-electron chi connectivity index (χ3n) is 4.45. The quantitative estimate of drug-likeness (QED) is 0.618. The van der Waals surface area contributed by atoms with Crippen molar-refractivity contribution in [1.82, 2.24) is 0 Å². The molecular formula is C22H21FN2O4S. The second-order valence-corrected chi connectivity index (χ2v) is 8.54. The van der Waals surface area contributed by atoms with Crippen LogP contribution in [0.2, 0.25) is 0 Å². The van der Waals surface area contributed by atoms with Gasteiger partial charge in [-0.15, -0.1) is 0 Å². The number of rotatable bonds is 7. The van der Waals surface area contributed by atoms with E-state index in [0.717, 1.165) is 5.56 Å². The topological polar surface area (TPSA) is 75.7 Å². The SMILES string of the molecule is Cc1ccc(F)cc1NC(=O)COc1ccc(N(C)S(=O)(=O)c2ccccc2)cc1. The average Bonchev–Trinajstić information content (AvgIpc) is 2.75. The van der Waals surface area contributed by atoms with Crippen molar-refractivity contribution in [1.29, 1.82) is 0 Å². The number of ether oxygens (including phenoxy) is 1. The monoisotopic (exact) mass is 428 g/mol. The summed E-state index contributed by atoms with van der Waals surface area (Å²) in [7, 11) is -2.21. The molecule has 3 aromatic rings. The first-order valence-electron chi connectivity index (χ1n) is 9.10. The van der Waals surface area contributed by atoms with E-state index in [1.807, 2.05) is 0 Å². The number of sulfonamides is 1. The van der Waals surface area contributed by atoms with Gasteiger partial charge >= 0.3 is 0 Å². The lowest BCUT2D eigenvalue weighted by Crippen LogP contribution is -2.26. The minimum absolute atomic E-state index is 0.192. The van der Waals surface area contributed by atoms with Crippen LogP contribution in [0.25, 0.3) is 0 Å². The van der Waals surface area contributed by atoms with E-state index in [1.165, 1.54) is 35.6 Å². The number of aryl methyl sites for hydroxylation is 1. The molecule has 0 heterocycles.